The Labute approximate surface area is 149 Å². The van der Waals surface area contributed by atoms with Gasteiger partial charge >= 0.3 is 0 Å². The van der Waals surface area contributed by atoms with Gasteiger partial charge in [-0.3, -0.25) is 4.79 Å². The highest BCUT2D eigenvalue weighted by atomic mass is 79.9. The number of hydrogen-bond donors (Lipinski definition) is 0. The Morgan fingerprint density at radius 3 is 2.33 bits per heavy atom. The largest absolute Gasteiger partial charge is 0.293 e. The predicted octanol–water partition coefficient (Wildman–Crippen LogP) is 4.47. The Balaban J connectivity index is 1.85. The van der Waals surface area contributed by atoms with Gasteiger partial charge in [-0.2, -0.15) is 5.10 Å². The number of Topliss-reactive ketones (excluding diaryl/α,β-unsaturated/α-hetero) is 1. The van der Waals surface area contributed by atoms with Gasteiger partial charge in [0.15, 0.2) is 5.78 Å². The van der Waals surface area contributed by atoms with E-state index in [0.29, 0.717) is 0 Å². The van der Waals surface area contributed by atoms with Crippen molar-refractivity contribution in [2.75, 3.05) is 0 Å². The first kappa shape index (κ1) is 15.3. The number of rotatable bonds is 2. The summed E-state index contributed by atoms with van der Waals surface area (Å²) < 4.78 is 1.93. The van der Waals surface area contributed by atoms with Crippen LogP contribution in [0.1, 0.15) is 33.2 Å². The lowest BCUT2D eigenvalue weighted by atomic mass is 9.81. The van der Waals surface area contributed by atoms with Crippen LogP contribution in [0.4, 0.5) is 0 Å². The van der Waals surface area contributed by atoms with Gasteiger partial charge in [-0.1, -0.05) is 64.5 Å². The Hall–Kier alpha value is -2.20. The molecule has 2 unspecified atom stereocenters. The van der Waals surface area contributed by atoms with Gasteiger partial charge in [-0.05, 0) is 31.0 Å². The first-order chi connectivity index (χ1) is 11.7. The van der Waals surface area contributed by atoms with Gasteiger partial charge in [0.1, 0.15) is 0 Å². The summed E-state index contributed by atoms with van der Waals surface area (Å²) in [5, 5.41) is 4.65. The smallest absolute Gasteiger partial charge is 0.180 e. The predicted molar refractivity (Wildman–Crippen MR) is 98.2 cm³/mol. The molecular weight excluding hydrogens is 364 g/mol. The van der Waals surface area contributed by atoms with Crippen molar-refractivity contribution in [2.45, 2.75) is 24.1 Å². The number of nitrogens with zero attached hydrogens (tertiary/aromatic N) is 2. The maximum absolute atomic E-state index is 13.0. The molecule has 0 radical (unpaired) electrons. The molecule has 0 saturated carbocycles. The zero-order chi connectivity index (χ0) is 16.7. The van der Waals surface area contributed by atoms with Crippen LogP contribution in [0, 0.1) is 6.92 Å². The fourth-order valence-electron chi connectivity index (χ4n) is 3.49. The molecule has 2 atom stereocenters. The van der Waals surface area contributed by atoms with E-state index < -0.39 is 0 Å². The average molecular weight is 381 g/mol. The Morgan fingerprint density at radius 1 is 1.04 bits per heavy atom. The van der Waals surface area contributed by atoms with Gasteiger partial charge in [0, 0.05) is 5.92 Å². The van der Waals surface area contributed by atoms with Crippen molar-refractivity contribution >= 4 is 21.7 Å². The van der Waals surface area contributed by atoms with E-state index in [4.69, 9.17) is 0 Å². The fraction of sp³-hybridized carbons (Fsp3) is 0.200. The molecule has 0 bridgehead atoms. The number of alkyl halides is 1. The van der Waals surface area contributed by atoms with Gasteiger partial charge in [0.2, 0.25) is 0 Å². The van der Waals surface area contributed by atoms with Gasteiger partial charge in [-0.25, -0.2) is 4.68 Å². The number of aryl methyl sites for hydroxylation is 1. The zero-order valence-corrected chi connectivity index (χ0v) is 14.9. The van der Waals surface area contributed by atoms with Crippen molar-refractivity contribution in [3.63, 3.8) is 0 Å². The second-order valence-corrected chi connectivity index (χ2v) is 7.13. The highest BCUT2D eigenvalue weighted by molar-refractivity contribution is 9.10. The molecule has 4 heteroatoms. The molecule has 1 aliphatic carbocycles. The molecule has 0 spiro atoms. The number of para-hydroxylation sites is 1. The number of aromatic nitrogens is 2. The monoisotopic (exact) mass is 380 g/mol. The molecule has 1 heterocycles. The van der Waals surface area contributed by atoms with Crippen molar-refractivity contribution in [1.82, 2.24) is 9.78 Å². The molecule has 4 rings (SSSR count). The maximum Gasteiger partial charge on any atom is 0.180 e. The summed E-state index contributed by atoms with van der Waals surface area (Å²) >= 11 is 3.64. The van der Waals surface area contributed by atoms with Gasteiger partial charge in [-0.15, -0.1) is 0 Å². The van der Waals surface area contributed by atoms with Gasteiger partial charge in [0.25, 0.3) is 0 Å². The van der Waals surface area contributed by atoms with Crippen molar-refractivity contribution in [3.8, 4) is 5.69 Å². The summed E-state index contributed by atoms with van der Waals surface area (Å²) in [5.41, 5.74) is 4.75. The van der Waals surface area contributed by atoms with Crippen LogP contribution in [0.5, 0.6) is 0 Å². The van der Waals surface area contributed by atoms with E-state index in [9.17, 15) is 4.79 Å². The molecule has 1 aromatic heterocycles. The highest BCUT2D eigenvalue weighted by Crippen LogP contribution is 2.38. The first-order valence-electron chi connectivity index (χ1n) is 8.04. The molecule has 2 aromatic carbocycles. The van der Waals surface area contributed by atoms with Crippen LogP contribution < -0.4 is 0 Å². The van der Waals surface area contributed by atoms with Crippen molar-refractivity contribution < 1.29 is 4.79 Å². The van der Waals surface area contributed by atoms with Gasteiger partial charge in [0.05, 0.1) is 27.5 Å². The van der Waals surface area contributed by atoms with Crippen molar-refractivity contribution in [3.05, 3.63) is 83.2 Å². The fourth-order valence-corrected chi connectivity index (χ4v) is 4.21. The maximum atomic E-state index is 13.0. The Morgan fingerprint density at radius 2 is 1.67 bits per heavy atom. The van der Waals surface area contributed by atoms with E-state index >= 15 is 0 Å². The average Bonchev–Trinajstić information content (AvgIpc) is 2.96. The number of ketones is 1. The molecule has 0 aliphatic heterocycles. The molecule has 24 heavy (non-hydrogen) atoms. The van der Waals surface area contributed by atoms with Crippen LogP contribution in [0.3, 0.4) is 0 Å². The molecule has 0 amide bonds. The third-order valence-electron chi connectivity index (χ3n) is 4.65. The number of halogens is 1. The minimum atomic E-state index is -0.209. The summed E-state index contributed by atoms with van der Waals surface area (Å²) in [6.45, 7) is 1.92. The Kier molecular flexibility index (Phi) is 3.85. The van der Waals surface area contributed by atoms with E-state index in [-0.39, 0.29) is 16.5 Å². The molecule has 120 valence electrons. The minimum Gasteiger partial charge on any atom is -0.293 e. The molecule has 0 N–H and O–H groups in total. The summed E-state index contributed by atoms with van der Waals surface area (Å²) in [6.07, 6.45) is 0.788. The third-order valence-corrected chi connectivity index (χ3v) is 5.70. The van der Waals surface area contributed by atoms with Crippen LogP contribution >= 0.6 is 15.9 Å². The first-order valence-corrected chi connectivity index (χ1v) is 8.95. The van der Waals surface area contributed by atoms with E-state index in [1.807, 2.05) is 60.1 Å². The zero-order valence-electron chi connectivity index (χ0n) is 13.3. The van der Waals surface area contributed by atoms with Crippen LogP contribution in [-0.4, -0.2) is 20.4 Å². The molecule has 0 saturated heterocycles. The molecule has 1 aliphatic rings. The number of fused-ring (bicyclic) bond motifs is 1. The lowest BCUT2D eigenvalue weighted by molar-refractivity contribution is 0.0973. The number of carbonyl (C=O) groups excluding carboxylic acids is 1. The van der Waals surface area contributed by atoms with Crippen molar-refractivity contribution in [1.29, 1.82) is 0 Å². The van der Waals surface area contributed by atoms with E-state index in [1.165, 1.54) is 5.56 Å². The van der Waals surface area contributed by atoms with Crippen LogP contribution in [0.2, 0.25) is 0 Å². The number of hydrogen-bond acceptors (Lipinski definition) is 2. The van der Waals surface area contributed by atoms with E-state index in [1.54, 1.807) is 0 Å². The second kappa shape index (κ2) is 6.02. The van der Waals surface area contributed by atoms with Crippen molar-refractivity contribution in [2.24, 2.45) is 0 Å². The lowest BCUT2D eigenvalue weighted by Gasteiger charge is -2.27. The van der Waals surface area contributed by atoms with E-state index in [0.717, 1.165) is 29.1 Å². The standard InChI is InChI=1S/C20H17BrN2O/c1-13-18-17(23(22-13)15-10-6-3-7-11-15)12-16(19(21)20(18)24)14-8-4-2-5-9-14/h2-11,16,19H,12H2,1H3. The molecule has 3 aromatic rings. The number of carbonyl (C=O) groups is 1. The summed E-state index contributed by atoms with van der Waals surface area (Å²) in [5.74, 6) is 0.245. The van der Waals surface area contributed by atoms with Crippen LogP contribution in [-0.2, 0) is 6.42 Å². The molecule has 0 fully saturated rings. The quantitative estimate of drug-likeness (QED) is 0.614. The normalized spacial score (nSPS) is 20.0. The second-order valence-electron chi connectivity index (χ2n) is 6.14. The summed E-state index contributed by atoms with van der Waals surface area (Å²) in [6, 6.07) is 20.2. The third kappa shape index (κ3) is 2.42. The lowest BCUT2D eigenvalue weighted by Crippen LogP contribution is -2.31. The summed E-state index contributed by atoms with van der Waals surface area (Å²) in [7, 11) is 0. The topological polar surface area (TPSA) is 34.9 Å². The minimum absolute atomic E-state index is 0.116. The highest BCUT2D eigenvalue weighted by Gasteiger charge is 2.38. The van der Waals surface area contributed by atoms with Crippen LogP contribution in [0.15, 0.2) is 60.7 Å². The molecular formula is C20H17BrN2O. The Bertz CT molecular complexity index is 887. The molecule has 3 nitrogen and oxygen atoms in total. The SMILES string of the molecule is Cc1nn(-c2ccccc2)c2c1C(=O)C(Br)C(c1ccccc1)C2. The number of benzene rings is 2. The van der Waals surface area contributed by atoms with Gasteiger partial charge < -0.3 is 0 Å². The van der Waals surface area contributed by atoms with E-state index in [2.05, 4.69) is 33.2 Å². The van der Waals surface area contributed by atoms with Crippen LogP contribution in [0.25, 0.3) is 5.69 Å². The summed E-state index contributed by atoms with van der Waals surface area (Å²) in [4.78, 5) is 12.8.